The Morgan fingerprint density at radius 2 is 1.93 bits per heavy atom. The number of rotatable bonds is 1. The van der Waals surface area contributed by atoms with Crippen molar-refractivity contribution in [1.82, 2.24) is 9.97 Å². The highest BCUT2D eigenvalue weighted by molar-refractivity contribution is 9.10. The molecule has 2 aromatic rings. The van der Waals surface area contributed by atoms with E-state index in [0.29, 0.717) is 10.7 Å². The summed E-state index contributed by atoms with van der Waals surface area (Å²) in [4.78, 5) is 8.81. The predicted octanol–water partition coefficient (Wildman–Crippen LogP) is 3.82. The zero-order valence-corrected chi connectivity index (χ0v) is 10.7. The van der Waals surface area contributed by atoms with Crippen molar-refractivity contribution in [3.05, 3.63) is 34.2 Å². The lowest BCUT2D eigenvalue weighted by molar-refractivity contribution is 0.822. The molecule has 1 aromatic carbocycles. The summed E-state index contributed by atoms with van der Waals surface area (Å²) in [7, 11) is 0. The van der Waals surface area contributed by atoms with Crippen LogP contribution in [0.1, 0.15) is 31.0 Å². The molecule has 0 radical (unpaired) electrons. The normalized spacial score (nSPS) is 11.3. The summed E-state index contributed by atoms with van der Waals surface area (Å²) in [6.45, 7) is 6.39. The van der Waals surface area contributed by atoms with Crippen LogP contribution in [0.15, 0.2) is 22.9 Å². The van der Waals surface area contributed by atoms with Crippen LogP contribution >= 0.6 is 15.9 Å². The number of hydrogen-bond acceptors (Lipinski definition) is 2. The molecule has 0 fully saturated rings. The minimum absolute atomic E-state index is 0.411. The molecule has 0 saturated heterocycles. The van der Waals surface area contributed by atoms with Gasteiger partial charge < -0.3 is 0 Å². The Labute approximate surface area is 97.9 Å². The molecule has 0 unspecified atom stereocenters. The number of hydrogen-bond donors (Lipinski definition) is 0. The summed E-state index contributed by atoms with van der Waals surface area (Å²) < 4.78 is 0.669. The molecule has 0 aliphatic carbocycles. The summed E-state index contributed by atoms with van der Waals surface area (Å²) >= 11 is 3.35. The molecule has 0 bridgehead atoms. The molecule has 0 saturated carbocycles. The van der Waals surface area contributed by atoms with Gasteiger partial charge in [0.25, 0.3) is 0 Å². The second-order valence-corrected chi connectivity index (χ2v) is 4.76. The number of benzene rings is 1. The second-order valence-electron chi connectivity index (χ2n) is 4.05. The van der Waals surface area contributed by atoms with E-state index in [0.717, 1.165) is 16.6 Å². The number of halogens is 1. The lowest BCUT2D eigenvalue weighted by Crippen LogP contribution is -1.97. The third kappa shape index (κ3) is 2.02. The first-order chi connectivity index (χ1) is 7.08. The van der Waals surface area contributed by atoms with Crippen molar-refractivity contribution < 1.29 is 0 Å². The van der Waals surface area contributed by atoms with Crippen LogP contribution in [0.5, 0.6) is 0 Å². The van der Waals surface area contributed by atoms with Crippen LogP contribution in [0.4, 0.5) is 0 Å². The Hall–Kier alpha value is -0.960. The first-order valence-electron chi connectivity index (χ1n) is 5.01. The molecule has 0 spiro atoms. The van der Waals surface area contributed by atoms with Gasteiger partial charge in [-0.2, -0.15) is 0 Å². The minimum atomic E-state index is 0.411. The number of aryl methyl sites for hydroxylation is 1. The molecule has 3 heteroatoms. The number of nitrogens with zero attached hydrogens (tertiary/aromatic N) is 2. The molecule has 2 rings (SSSR count). The average molecular weight is 265 g/mol. The Kier molecular flexibility index (Phi) is 2.74. The maximum atomic E-state index is 4.45. The highest BCUT2D eigenvalue weighted by atomic mass is 79.9. The maximum Gasteiger partial charge on any atom is 0.197 e. The van der Waals surface area contributed by atoms with Gasteiger partial charge in [0, 0.05) is 5.39 Å². The summed E-state index contributed by atoms with van der Waals surface area (Å²) in [6.07, 6.45) is 0. The van der Waals surface area contributed by atoms with Crippen molar-refractivity contribution in [2.45, 2.75) is 26.7 Å². The van der Waals surface area contributed by atoms with Gasteiger partial charge in [-0.25, -0.2) is 9.97 Å². The summed E-state index contributed by atoms with van der Waals surface area (Å²) in [6, 6.07) is 6.27. The highest BCUT2D eigenvalue weighted by Crippen LogP contribution is 2.24. The molecule has 2 nitrogen and oxygen atoms in total. The van der Waals surface area contributed by atoms with E-state index in [1.54, 1.807) is 0 Å². The fraction of sp³-hybridized carbons (Fsp3) is 0.333. The first kappa shape index (κ1) is 10.6. The third-order valence-electron chi connectivity index (χ3n) is 2.40. The van der Waals surface area contributed by atoms with E-state index in [-0.39, 0.29) is 0 Å². The monoisotopic (exact) mass is 264 g/mol. The van der Waals surface area contributed by atoms with Crippen LogP contribution in [0.25, 0.3) is 10.9 Å². The van der Waals surface area contributed by atoms with Crippen LogP contribution in [0.2, 0.25) is 0 Å². The van der Waals surface area contributed by atoms with Crippen LogP contribution in [0.3, 0.4) is 0 Å². The quantitative estimate of drug-likeness (QED) is 0.732. The molecule has 0 aliphatic rings. The zero-order chi connectivity index (χ0) is 11.0. The average Bonchev–Trinajstić information content (AvgIpc) is 2.17. The van der Waals surface area contributed by atoms with Crippen molar-refractivity contribution in [3.8, 4) is 0 Å². The van der Waals surface area contributed by atoms with Gasteiger partial charge >= 0.3 is 0 Å². The van der Waals surface area contributed by atoms with E-state index < -0.39 is 0 Å². The Bertz CT molecular complexity index is 506. The van der Waals surface area contributed by atoms with Crippen LogP contribution in [0, 0.1) is 6.92 Å². The summed E-state index contributed by atoms with van der Waals surface area (Å²) in [5.41, 5.74) is 3.36. The van der Waals surface area contributed by atoms with E-state index in [1.165, 1.54) is 5.56 Å². The fourth-order valence-corrected chi connectivity index (χ4v) is 2.06. The molecule has 15 heavy (non-hydrogen) atoms. The molecule has 1 heterocycles. The van der Waals surface area contributed by atoms with Gasteiger partial charge in [0.05, 0.1) is 11.2 Å². The van der Waals surface area contributed by atoms with Gasteiger partial charge in [-0.05, 0) is 40.9 Å². The van der Waals surface area contributed by atoms with Crippen molar-refractivity contribution in [2.75, 3.05) is 0 Å². The Balaban J connectivity index is 2.81. The minimum Gasteiger partial charge on any atom is -0.226 e. The molecule has 0 atom stereocenters. The van der Waals surface area contributed by atoms with Gasteiger partial charge in [-0.3, -0.25) is 0 Å². The number of aromatic nitrogens is 2. The van der Waals surface area contributed by atoms with E-state index >= 15 is 0 Å². The molecule has 0 N–H and O–H groups in total. The predicted molar refractivity (Wildman–Crippen MR) is 66.1 cm³/mol. The van der Waals surface area contributed by atoms with Gasteiger partial charge in [-0.15, -0.1) is 0 Å². The van der Waals surface area contributed by atoms with E-state index in [9.17, 15) is 0 Å². The third-order valence-corrected chi connectivity index (χ3v) is 2.75. The van der Waals surface area contributed by atoms with Crippen LogP contribution in [-0.4, -0.2) is 9.97 Å². The Morgan fingerprint density at radius 1 is 1.20 bits per heavy atom. The lowest BCUT2D eigenvalue weighted by atomic mass is 10.0. The van der Waals surface area contributed by atoms with Crippen molar-refractivity contribution in [1.29, 1.82) is 0 Å². The van der Waals surface area contributed by atoms with Gasteiger partial charge in [0.2, 0.25) is 0 Å². The second kappa shape index (κ2) is 3.89. The lowest BCUT2D eigenvalue weighted by Gasteiger charge is -2.09. The summed E-state index contributed by atoms with van der Waals surface area (Å²) in [5.74, 6) is 0.411. The van der Waals surface area contributed by atoms with Crippen molar-refractivity contribution >= 4 is 26.8 Å². The smallest absolute Gasteiger partial charge is 0.197 e. The topological polar surface area (TPSA) is 25.8 Å². The van der Waals surface area contributed by atoms with Gasteiger partial charge in [-0.1, -0.05) is 25.5 Å². The van der Waals surface area contributed by atoms with Crippen LogP contribution in [-0.2, 0) is 0 Å². The zero-order valence-electron chi connectivity index (χ0n) is 9.08. The standard InChI is InChI=1S/C12H13BrN2/c1-7(2)11-9-6-8(3)4-5-10(9)14-12(13)15-11/h4-7H,1-3H3. The van der Waals surface area contributed by atoms with Crippen molar-refractivity contribution in [3.63, 3.8) is 0 Å². The number of fused-ring (bicyclic) bond motifs is 1. The largest absolute Gasteiger partial charge is 0.226 e. The fourth-order valence-electron chi connectivity index (χ4n) is 1.68. The van der Waals surface area contributed by atoms with E-state index in [4.69, 9.17) is 0 Å². The van der Waals surface area contributed by atoms with Crippen LogP contribution < -0.4 is 0 Å². The highest BCUT2D eigenvalue weighted by Gasteiger charge is 2.09. The molecular formula is C12H13BrN2. The van der Waals surface area contributed by atoms with E-state index in [2.05, 4.69) is 58.8 Å². The molecule has 0 amide bonds. The SMILES string of the molecule is Cc1ccc2nc(Br)nc(C(C)C)c2c1. The molecule has 1 aromatic heterocycles. The summed E-state index contributed by atoms with van der Waals surface area (Å²) in [5, 5.41) is 1.16. The van der Waals surface area contributed by atoms with Gasteiger partial charge in [0.1, 0.15) is 0 Å². The van der Waals surface area contributed by atoms with Gasteiger partial charge in [0.15, 0.2) is 4.73 Å². The molecule has 78 valence electrons. The first-order valence-corrected chi connectivity index (χ1v) is 5.81. The molecular weight excluding hydrogens is 252 g/mol. The van der Waals surface area contributed by atoms with E-state index in [1.807, 2.05) is 6.07 Å². The maximum absolute atomic E-state index is 4.45. The molecule has 0 aliphatic heterocycles. The Morgan fingerprint density at radius 3 is 2.60 bits per heavy atom. The van der Waals surface area contributed by atoms with Crippen molar-refractivity contribution in [2.24, 2.45) is 0 Å².